The molecule has 32 heavy (non-hydrogen) atoms. The fourth-order valence-corrected chi connectivity index (χ4v) is 3.50. The summed E-state index contributed by atoms with van der Waals surface area (Å²) in [6, 6.07) is 24.7. The molecule has 0 bridgehead atoms. The molecule has 164 valence electrons. The zero-order valence-electron chi connectivity index (χ0n) is 18.6. The topological polar surface area (TPSA) is 24.7 Å². The predicted molar refractivity (Wildman–Crippen MR) is 136 cm³/mol. The standard InChI is InChI=1S/C29H31FN2/c1-2-3-4-5-6-7-24-8-10-26(11-9-24)22-31-32-23-27-14-18-29(19-15-27)28-16-12-25(13-17-28)20-21-30/h2,8-19,22-23H,1,3-7,20-21H2/b31-22+,32-23+. The minimum atomic E-state index is -0.322. The largest absolute Gasteiger partial charge is 0.251 e. The first-order chi connectivity index (χ1) is 15.8. The Labute approximate surface area is 191 Å². The van der Waals surface area contributed by atoms with Gasteiger partial charge >= 0.3 is 0 Å². The average molecular weight is 427 g/mol. The maximum atomic E-state index is 12.4. The van der Waals surface area contributed by atoms with Gasteiger partial charge in [0.25, 0.3) is 0 Å². The summed E-state index contributed by atoms with van der Waals surface area (Å²) in [5, 5.41) is 8.35. The number of unbranched alkanes of at least 4 members (excludes halogenated alkanes) is 3. The summed E-state index contributed by atoms with van der Waals surface area (Å²) in [5.74, 6) is 0. The summed E-state index contributed by atoms with van der Waals surface area (Å²) in [6.45, 7) is 3.44. The molecule has 0 unspecified atom stereocenters. The lowest BCUT2D eigenvalue weighted by molar-refractivity contribution is 0.495. The number of allylic oxidation sites excluding steroid dienone is 1. The molecule has 0 amide bonds. The van der Waals surface area contributed by atoms with Gasteiger partial charge in [0.1, 0.15) is 0 Å². The van der Waals surface area contributed by atoms with Crippen LogP contribution in [0.5, 0.6) is 0 Å². The third kappa shape index (κ3) is 7.73. The maximum Gasteiger partial charge on any atom is 0.0934 e. The van der Waals surface area contributed by atoms with E-state index in [1.54, 1.807) is 12.4 Å². The Morgan fingerprint density at radius 3 is 1.69 bits per heavy atom. The van der Waals surface area contributed by atoms with Crippen LogP contribution in [0.25, 0.3) is 11.1 Å². The number of hydrogen-bond acceptors (Lipinski definition) is 2. The first-order valence-electron chi connectivity index (χ1n) is 11.3. The summed E-state index contributed by atoms with van der Waals surface area (Å²) >= 11 is 0. The predicted octanol–water partition coefficient (Wildman–Crippen LogP) is 7.61. The normalized spacial score (nSPS) is 11.4. The molecule has 0 aliphatic rings. The third-order valence-electron chi connectivity index (χ3n) is 5.41. The highest BCUT2D eigenvalue weighted by molar-refractivity contribution is 5.83. The Kier molecular flexibility index (Phi) is 9.60. The molecule has 0 spiro atoms. The monoisotopic (exact) mass is 426 g/mol. The van der Waals surface area contributed by atoms with Crippen LogP contribution in [0.15, 0.2) is 95.7 Å². The lowest BCUT2D eigenvalue weighted by Gasteiger charge is -2.04. The van der Waals surface area contributed by atoms with Crippen molar-refractivity contribution in [2.24, 2.45) is 10.2 Å². The number of hydrogen-bond donors (Lipinski definition) is 0. The zero-order valence-corrected chi connectivity index (χ0v) is 18.6. The van der Waals surface area contributed by atoms with Gasteiger partial charge in [-0.3, -0.25) is 4.39 Å². The molecule has 0 heterocycles. The molecule has 0 radical (unpaired) electrons. The van der Waals surface area contributed by atoms with E-state index in [2.05, 4.69) is 53.2 Å². The van der Waals surface area contributed by atoms with Crippen molar-refractivity contribution in [2.75, 3.05) is 6.67 Å². The van der Waals surface area contributed by atoms with E-state index < -0.39 is 0 Å². The van der Waals surface area contributed by atoms with Gasteiger partial charge in [-0.05, 0) is 59.1 Å². The van der Waals surface area contributed by atoms with E-state index in [-0.39, 0.29) is 6.67 Å². The van der Waals surface area contributed by atoms with Crippen LogP contribution in [0.2, 0.25) is 0 Å². The SMILES string of the molecule is C=CCCCCCc1ccc(/C=N/N=C/c2ccc(-c3ccc(CCF)cc3)cc2)cc1. The quantitative estimate of drug-likeness (QED) is 0.123. The second-order valence-corrected chi connectivity index (χ2v) is 7.88. The van der Waals surface area contributed by atoms with Crippen LogP contribution in [-0.4, -0.2) is 19.1 Å². The molecule has 3 aromatic carbocycles. The molecule has 0 N–H and O–H groups in total. The second kappa shape index (κ2) is 13.2. The molecular weight excluding hydrogens is 395 g/mol. The van der Waals surface area contributed by atoms with Crippen molar-refractivity contribution in [3.63, 3.8) is 0 Å². The molecule has 2 nitrogen and oxygen atoms in total. The highest BCUT2D eigenvalue weighted by Crippen LogP contribution is 2.20. The third-order valence-corrected chi connectivity index (χ3v) is 5.41. The number of aryl methyl sites for hydroxylation is 2. The van der Waals surface area contributed by atoms with Gasteiger partial charge in [-0.1, -0.05) is 85.3 Å². The van der Waals surface area contributed by atoms with E-state index in [4.69, 9.17) is 0 Å². The van der Waals surface area contributed by atoms with Gasteiger partial charge in [0.2, 0.25) is 0 Å². The Morgan fingerprint density at radius 1 is 0.625 bits per heavy atom. The van der Waals surface area contributed by atoms with E-state index >= 15 is 0 Å². The number of rotatable bonds is 12. The fourth-order valence-electron chi connectivity index (χ4n) is 3.50. The summed E-state index contributed by atoms with van der Waals surface area (Å²) in [5.41, 5.74) is 6.66. The Morgan fingerprint density at radius 2 is 1.12 bits per heavy atom. The minimum absolute atomic E-state index is 0.322. The first-order valence-corrected chi connectivity index (χ1v) is 11.3. The number of nitrogens with zero attached hydrogens (tertiary/aromatic N) is 2. The number of alkyl halides is 1. The molecule has 0 aliphatic carbocycles. The van der Waals surface area contributed by atoms with Crippen LogP contribution in [-0.2, 0) is 12.8 Å². The highest BCUT2D eigenvalue weighted by Gasteiger charge is 1.99. The molecule has 3 heteroatoms. The van der Waals surface area contributed by atoms with E-state index in [1.165, 1.54) is 24.8 Å². The summed E-state index contributed by atoms with van der Waals surface area (Å²) < 4.78 is 12.4. The molecule has 3 aromatic rings. The van der Waals surface area contributed by atoms with Crippen molar-refractivity contribution >= 4 is 12.4 Å². The van der Waals surface area contributed by atoms with Crippen molar-refractivity contribution in [2.45, 2.75) is 38.5 Å². The Hall–Kier alpha value is -3.33. The molecular formula is C29H31FN2. The second-order valence-electron chi connectivity index (χ2n) is 7.88. The van der Waals surface area contributed by atoms with Gasteiger partial charge in [0, 0.05) is 6.42 Å². The summed E-state index contributed by atoms with van der Waals surface area (Å²) in [7, 11) is 0. The van der Waals surface area contributed by atoms with Gasteiger partial charge in [-0.15, -0.1) is 6.58 Å². The van der Waals surface area contributed by atoms with E-state index in [9.17, 15) is 4.39 Å². The highest BCUT2D eigenvalue weighted by atomic mass is 19.1. The van der Waals surface area contributed by atoms with E-state index in [0.29, 0.717) is 6.42 Å². The lowest BCUT2D eigenvalue weighted by Crippen LogP contribution is -1.88. The van der Waals surface area contributed by atoms with Gasteiger partial charge in [0.05, 0.1) is 19.1 Å². The van der Waals surface area contributed by atoms with Gasteiger partial charge in [0.15, 0.2) is 0 Å². The van der Waals surface area contributed by atoms with Gasteiger partial charge in [-0.25, -0.2) is 0 Å². The van der Waals surface area contributed by atoms with Crippen LogP contribution < -0.4 is 0 Å². The van der Waals surface area contributed by atoms with Crippen LogP contribution in [0.1, 0.15) is 47.9 Å². The van der Waals surface area contributed by atoms with Crippen LogP contribution in [0, 0.1) is 0 Å². The molecule has 0 saturated heterocycles. The lowest BCUT2D eigenvalue weighted by atomic mass is 10.0. The average Bonchev–Trinajstić information content (AvgIpc) is 2.84. The summed E-state index contributed by atoms with van der Waals surface area (Å²) in [6.07, 6.45) is 11.9. The van der Waals surface area contributed by atoms with Crippen LogP contribution in [0.3, 0.4) is 0 Å². The summed E-state index contributed by atoms with van der Waals surface area (Å²) in [4.78, 5) is 0. The maximum absolute atomic E-state index is 12.4. The first kappa shape index (κ1) is 23.3. The van der Waals surface area contributed by atoms with Crippen LogP contribution in [0.4, 0.5) is 4.39 Å². The molecule has 0 aliphatic heterocycles. The van der Waals surface area contributed by atoms with Gasteiger partial charge < -0.3 is 0 Å². The molecule has 0 atom stereocenters. The smallest absolute Gasteiger partial charge is 0.0934 e. The number of benzene rings is 3. The van der Waals surface area contributed by atoms with Crippen molar-refractivity contribution < 1.29 is 4.39 Å². The van der Waals surface area contributed by atoms with E-state index in [0.717, 1.165) is 40.7 Å². The van der Waals surface area contributed by atoms with Crippen LogP contribution >= 0.6 is 0 Å². The van der Waals surface area contributed by atoms with Crippen molar-refractivity contribution in [3.8, 4) is 11.1 Å². The molecule has 0 fully saturated rings. The zero-order chi connectivity index (χ0) is 22.4. The Bertz CT molecular complexity index is 1000. The molecule has 0 aromatic heterocycles. The van der Waals surface area contributed by atoms with Crippen molar-refractivity contribution in [1.29, 1.82) is 0 Å². The molecule has 3 rings (SSSR count). The number of halogens is 1. The van der Waals surface area contributed by atoms with Crippen molar-refractivity contribution in [1.82, 2.24) is 0 Å². The fraction of sp³-hybridized carbons (Fsp3) is 0.241. The van der Waals surface area contributed by atoms with E-state index in [1.807, 2.05) is 42.5 Å². The minimum Gasteiger partial charge on any atom is -0.251 e. The van der Waals surface area contributed by atoms with Crippen molar-refractivity contribution in [3.05, 3.63) is 108 Å². The van der Waals surface area contributed by atoms with Gasteiger partial charge in [-0.2, -0.15) is 10.2 Å². The molecule has 0 saturated carbocycles. The Balaban J connectivity index is 1.48.